The number of halogens is 2. The molecule has 0 saturated carbocycles. The van der Waals surface area contributed by atoms with Crippen molar-refractivity contribution in [2.75, 3.05) is 6.54 Å². The van der Waals surface area contributed by atoms with Crippen molar-refractivity contribution in [3.8, 4) is 0 Å². The van der Waals surface area contributed by atoms with Crippen molar-refractivity contribution in [1.29, 1.82) is 0 Å². The first kappa shape index (κ1) is 14.1. The molecule has 0 spiro atoms. The van der Waals surface area contributed by atoms with Crippen molar-refractivity contribution in [2.24, 2.45) is 0 Å². The zero-order chi connectivity index (χ0) is 13.7. The van der Waals surface area contributed by atoms with Gasteiger partial charge in [-0.25, -0.2) is 8.78 Å². The zero-order valence-corrected chi connectivity index (χ0v) is 11.5. The van der Waals surface area contributed by atoms with Gasteiger partial charge >= 0.3 is 0 Å². The van der Waals surface area contributed by atoms with E-state index in [1.165, 1.54) is 23.5 Å². The molecule has 1 aromatic carbocycles. The number of hydrogen-bond acceptors (Lipinski definition) is 3. The Labute approximate surface area is 115 Å². The average Bonchev–Trinajstić information content (AvgIpc) is 2.90. The zero-order valence-electron chi connectivity index (χ0n) is 10.7. The largest absolute Gasteiger partial charge is 0.310 e. The lowest BCUT2D eigenvalue weighted by Gasteiger charge is -2.19. The molecule has 0 radical (unpaired) electrons. The average molecular weight is 282 g/mol. The summed E-state index contributed by atoms with van der Waals surface area (Å²) in [5, 5.41) is 3.26. The van der Waals surface area contributed by atoms with E-state index in [4.69, 9.17) is 0 Å². The van der Waals surface area contributed by atoms with Crippen molar-refractivity contribution in [3.63, 3.8) is 0 Å². The summed E-state index contributed by atoms with van der Waals surface area (Å²) in [7, 11) is 0. The minimum absolute atomic E-state index is 0.226. The minimum Gasteiger partial charge on any atom is -0.310 e. The lowest BCUT2D eigenvalue weighted by molar-refractivity contribution is 0.492. The van der Waals surface area contributed by atoms with E-state index in [0.29, 0.717) is 12.0 Å². The molecule has 1 heterocycles. The predicted molar refractivity (Wildman–Crippen MR) is 73.2 cm³/mol. The van der Waals surface area contributed by atoms with E-state index >= 15 is 0 Å². The number of nitrogens with zero attached hydrogens (tertiary/aromatic N) is 1. The Hall–Kier alpha value is -1.33. The minimum atomic E-state index is -0.413. The Kier molecular flexibility index (Phi) is 4.99. The van der Waals surface area contributed by atoms with Crippen LogP contribution in [-0.4, -0.2) is 11.5 Å². The molecule has 1 atom stereocenters. The first-order valence-electron chi connectivity index (χ1n) is 6.26. The summed E-state index contributed by atoms with van der Waals surface area (Å²) in [4.78, 5) is 5.07. The van der Waals surface area contributed by atoms with Crippen molar-refractivity contribution in [3.05, 3.63) is 52.0 Å². The molecule has 1 N–H and O–H groups in total. The van der Waals surface area contributed by atoms with Gasteiger partial charge in [0.2, 0.25) is 0 Å². The fourth-order valence-corrected chi connectivity index (χ4v) is 2.58. The molecule has 0 bridgehead atoms. The van der Waals surface area contributed by atoms with E-state index in [-0.39, 0.29) is 11.9 Å². The first-order chi connectivity index (χ1) is 9.20. The van der Waals surface area contributed by atoms with Crippen LogP contribution in [0.25, 0.3) is 0 Å². The maximum Gasteiger partial charge on any atom is 0.128 e. The van der Waals surface area contributed by atoms with Gasteiger partial charge in [-0.3, -0.25) is 4.98 Å². The Balaban J connectivity index is 2.23. The normalized spacial score (nSPS) is 12.6. The highest BCUT2D eigenvalue weighted by Gasteiger charge is 2.17. The van der Waals surface area contributed by atoms with E-state index in [9.17, 15) is 8.78 Å². The summed E-state index contributed by atoms with van der Waals surface area (Å²) < 4.78 is 27.2. The van der Waals surface area contributed by atoms with Crippen LogP contribution in [-0.2, 0) is 6.42 Å². The molecule has 0 amide bonds. The molecule has 0 aliphatic carbocycles. The van der Waals surface area contributed by atoms with E-state index in [2.05, 4.69) is 10.3 Å². The fraction of sp³-hybridized carbons (Fsp3) is 0.357. The molecule has 19 heavy (non-hydrogen) atoms. The van der Waals surface area contributed by atoms with Crippen LogP contribution in [0.4, 0.5) is 8.78 Å². The van der Waals surface area contributed by atoms with Gasteiger partial charge in [0.15, 0.2) is 0 Å². The van der Waals surface area contributed by atoms with Crippen LogP contribution in [0.5, 0.6) is 0 Å². The molecule has 5 heteroatoms. The second-order valence-corrected chi connectivity index (χ2v) is 5.32. The Morgan fingerprint density at radius 2 is 2.21 bits per heavy atom. The van der Waals surface area contributed by atoms with Gasteiger partial charge in [-0.05, 0) is 31.2 Å². The molecule has 0 aliphatic rings. The first-order valence-corrected chi connectivity index (χ1v) is 7.14. The number of hydrogen-bond donors (Lipinski definition) is 1. The van der Waals surface area contributed by atoms with Crippen LogP contribution in [0.15, 0.2) is 29.9 Å². The summed E-state index contributed by atoms with van der Waals surface area (Å²) in [6.07, 6.45) is 3.32. The maximum absolute atomic E-state index is 13.9. The summed E-state index contributed by atoms with van der Waals surface area (Å²) in [5.74, 6) is -0.788. The third kappa shape index (κ3) is 3.81. The summed E-state index contributed by atoms with van der Waals surface area (Å²) >= 11 is 1.52. The van der Waals surface area contributed by atoms with Crippen molar-refractivity contribution < 1.29 is 8.78 Å². The molecular formula is C14H16F2N2S. The maximum atomic E-state index is 13.9. The van der Waals surface area contributed by atoms with Gasteiger partial charge in [0.1, 0.15) is 11.6 Å². The van der Waals surface area contributed by atoms with Gasteiger partial charge < -0.3 is 5.32 Å². The van der Waals surface area contributed by atoms with Gasteiger partial charge in [0.25, 0.3) is 0 Å². The van der Waals surface area contributed by atoms with Crippen LogP contribution < -0.4 is 5.32 Å². The highest BCUT2D eigenvalue weighted by molar-refractivity contribution is 7.09. The predicted octanol–water partition coefficient (Wildman–Crippen LogP) is 3.70. The highest BCUT2D eigenvalue weighted by Crippen LogP contribution is 2.23. The van der Waals surface area contributed by atoms with Gasteiger partial charge in [0.05, 0.1) is 5.51 Å². The number of nitrogens with one attached hydrogen (secondary N) is 1. The molecule has 2 rings (SSSR count). The molecule has 0 aliphatic heterocycles. The summed E-state index contributed by atoms with van der Waals surface area (Å²) in [6, 6.07) is 3.36. The van der Waals surface area contributed by atoms with Gasteiger partial charge in [-0.15, -0.1) is 11.3 Å². The van der Waals surface area contributed by atoms with Crippen LogP contribution in [0, 0.1) is 11.6 Å². The van der Waals surface area contributed by atoms with Gasteiger partial charge in [-0.2, -0.15) is 0 Å². The second kappa shape index (κ2) is 6.73. The van der Waals surface area contributed by atoms with Crippen molar-refractivity contribution in [2.45, 2.75) is 25.8 Å². The molecular weight excluding hydrogens is 266 g/mol. The van der Waals surface area contributed by atoms with Gasteiger partial charge in [-0.1, -0.05) is 6.92 Å². The smallest absolute Gasteiger partial charge is 0.128 e. The lowest BCUT2D eigenvalue weighted by Crippen LogP contribution is -2.25. The highest BCUT2D eigenvalue weighted by atomic mass is 32.1. The number of thiazole rings is 1. The van der Waals surface area contributed by atoms with E-state index in [1.54, 1.807) is 11.7 Å². The molecule has 102 valence electrons. The van der Waals surface area contributed by atoms with E-state index < -0.39 is 5.82 Å². The van der Waals surface area contributed by atoms with Crippen molar-refractivity contribution in [1.82, 2.24) is 10.3 Å². The van der Waals surface area contributed by atoms with E-state index in [0.717, 1.165) is 23.9 Å². The van der Waals surface area contributed by atoms with Crippen LogP contribution in [0.2, 0.25) is 0 Å². The second-order valence-electron chi connectivity index (χ2n) is 4.34. The Morgan fingerprint density at radius 1 is 1.37 bits per heavy atom. The number of benzene rings is 1. The van der Waals surface area contributed by atoms with Gasteiger partial charge in [0, 0.05) is 29.1 Å². The topological polar surface area (TPSA) is 24.9 Å². The lowest BCUT2D eigenvalue weighted by atomic mass is 10.0. The molecule has 1 aromatic heterocycles. The molecule has 2 nitrogen and oxygen atoms in total. The van der Waals surface area contributed by atoms with E-state index in [1.807, 2.05) is 6.92 Å². The SMILES string of the molecule is CCCNC(Cc1cncs1)c1cc(F)ccc1F. The number of rotatable bonds is 6. The van der Waals surface area contributed by atoms with Crippen LogP contribution in [0.1, 0.15) is 29.8 Å². The Morgan fingerprint density at radius 3 is 2.89 bits per heavy atom. The Bertz CT molecular complexity index is 514. The molecule has 0 saturated heterocycles. The van der Waals surface area contributed by atoms with Crippen LogP contribution >= 0.6 is 11.3 Å². The number of aromatic nitrogens is 1. The monoisotopic (exact) mass is 282 g/mol. The molecule has 1 unspecified atom stereocenters. The van der Waals surface area contributed by atoms with Crippen LogP contribution in [0.3, 0.4) is 0 Å². The summed E-state index contributed by atoms with van der Waals surface area (Å²) in [5.41, 5.74) is 2.12. The summed E-state index contributed by atoms with van der Waals surface area (Å²) in [6.45, 7) is 2.80. The molecule has 0 fully saturated rings. The molecule has 2 aromatic rings. The third-order valence-electron chi connectivity index (χ3n) is 2.86. The quantitative estimate of drug-likeness (QED) is 0.873. The standard InChI is InChI=1S/C14H16F2N2S/c1-2-5-18-14(7-11-8-17-9-19-11)12-6-10(15)3-4-13(12)16/h3-4,6,8-9,14,18H,2,5,7H2,1H3. The third-order valence-corrected chi connectivity index (χ3v) is 3.66. The fourth-order valence-electron chi connectivity index (χ4n) is 1.94. The van der Waals surface area contributed by atoms with Crippen molar-refractivity contribution >= 4 is 11.3 Å².